The molecular weight excluding hydrogens is 948 g/mol. The maximum atomic E-state index is 13.0. The summed E-state index contributed by atoms with van der Waals surface area (Å²) in [5.41, 5.74) is 0. The molecule has 3 atom stereocenters. The zero-order chi connectivity index (χ0) is 54.9. The van der Waals surface area contributed by atoms with Crippen LogP contribution in [0.5, 0.6) is 0 Å². The van der Waals surface area contributed by atoms with Crippen LogP contribution in [0.25, 0.3) is 0 Å². The smallest absolute Gasteiger partial charge is 0.268 e. The van der Waals surface area contributed by atoms with Crippen LogP contribution in [0.15, 0.2) is 36.5 Å². The Morgan fingerprint density at radius 3 is 1.08 bits per heavy atom. The van der Waals surface area contributed by atoms with Crippen molar-refractivity contribution >= 4 is 13.7 Å². The topological polar surface area (TPSA) is 108 Å². The number of unbranched alkanes of at least 4 members (excludes halogenated alkanes) is 44. The molecule has 0 heterocycles. The molecule has 75 heavy (non-hydrogen) atoms. The highest BCUT2D eigenvalue weighted by Gasteiger charge is 2.23. The van der Waals surface area contributed by atoms with Gasteiger partial charge >= 0.3 is 0 Å². The quantitative estimate of drug-likeness (QED) is 0.0272. The third kappa shape index (κ3) is 60.2. The molecule has 0 saturated heterocycles. The molecule has 0 aromatic carbocycles. The summed E-state index contributed by atoms with van der Waals surface area (Å²) in [5.74, 6) is -0.201. The second-order valence-corrected chi connectivity index (χ2v) is 25.2. The number of aliphatic hydroxyl groups is 1. The van der Waals surface area contributed by atoms with Crippen LogP contribution in [-0.4, -0.2) is 68.5 Å². The van der Waals surface area contributed by atoms with Gasteiger partial charge in [-0.1, -0.05) is 301 Å². The van der Waals surface area contributed by atoms with E-state index in [4.69, 9.17) is 9.05 Å². The highest BCUT2D eigenvalue weighted by atomic mass is 31.2. The molecule has 0 spiro atoms. The van der Waals surface area contributed by atoms with E-state index < -0.39 is 20.0 Å². The first-order chi connectivity index (χ1) is 36.5. The van der Waals surface area contributed by atoms with Crippen molar-refractivity contribution < 1.29 is 32.9 Å². The van der Waals surface area contributed by atoms with E-state index in [-0.39, 0.29) is 19.1 Å². The van der Waals surface area contributed by atoms with Crippen LogP contribution in [0.3, 0.4) is 0 Å². The number of phosphoric acid groups is 1. The molecule has 0 aliphatic rings. The molecule has 0 rings (SSSR count). The third-order valence-corrected chi connectivity index (χ3v) is 16.0. The highest BCUT2D eigenvalue weighted by Crippen LogP contribution is 2.38. The number of carbonyl (C=O) groups excluding carboxylic acids is 1. The van der Waals surface area contributed by atoms with Gasteiger partial charge in [-0.25, -0.2) is 0 Å². The number of nitrogens with one attached hydrogen (secondary N) is 1. The van der Waals surface area contributed by atoms with Gasteiger partial charge in [0.15, 0.2) is 0 Å². The lowest BCUT2D eigenvalue weighted by atomic mass is 10.0. The van der Waals surface area contributed by atoms with E-state index in [1.165, 1.54) is 270 Å². The van der Waals surface area contributed by atoms with Gasteiger partial charge in [0.25, 0.3) is 7.82 Å². The maximum Gasteiger partial charge on any atom is 0.268 e. The Kier molecular flexibility index (Phi) is 56.4. The summed E-state index contributed by atoms with van der Waals surface area (Å²) in [6, 6.07) is -0.902. The Hall–Kier alpha value is -1.28. The van der Waals surface area contributed by atoms with Crippen LogP contribution in [0.4, 0.5) is 0 Å². The minimum atomic E-state index is -4.61. The van der Waals surface area contributed by atoms with E-state index in [1.54, 1.807) is 6.08 Å². The largest absolute Gasteiger partial charge is 0.756 e. The summed E-state index contributed by atoms with van der Waals surface area (Å²) in [5, 5.41) is 13.9. The molecule has 9 heteroatoms. The maximum absolute atomic E-state index is 13.0. The van der Waals surface area contributed by atoms with Gasteiger partial charge in [-0.05, 0) is 57.8 Å². The molecule has 0 aromatic rings. The highest BCUT2D eigenvalue weighted by molar-refractivity contribution is 7.45. The molecule has 0 aliphatic carbocycles. The van der Waals surface area contributed by atoms with E-state index in [9.17, 15) is 19.4 Å². The van der Waals surface area contributed by atoms with Crippen molar-refractivity contribution in [1.29, 1.82) is 0 Å². The monoisotopic (exact) mass is 1080 g/mol. The summed E-state index contributed by atoms with van der Waals surface area (Å²) in [4.78, 5) is 25.6. The van der Waals surface area contributed by atoms with Crippen LogP contribution in [0.1, 0.15) is 328 Å². The summed E-state index contributed by atoms with van der Waals surface area (Å²) >= 11 is 0. The summed E-state index contributed by atoms with van der Waals surface area (Å²) in [6.45, 7) is 4.67. The standard InChI is InChI=1S/C66H129N2O6P/c1-6-8-10-12-14-16-18-20-22-24-26-28-29-30-31-32-33-34-35-36-37-38-39-40-42-44-46-48-50-52-54-56-58-60-66(70)67-64(63-74-75(71,72)73-62-61-68(3,4)5)65(69)59-57-55-53-51-49-47-45-43-41-27-25-23-21-19-17-15-13-11-9-7-2/h24,26,49,51,57,59,64-65,69H,6-23,25,27-48,50,52-56,58,60-63H2,1-5H3,(H-,67,70,71,72)/b26-24-,51-49+,59-57+. The fourth-order valence-corrected chi connectivity index (χ4v) is 10.7. The lowest BCUT2D eigenvalue weighted by Crippen LogP contribution is -2.45. The first-order valence-corrected chi connectivity index (χ1v) is 34.3. The van der Waals surface area contributed by atoms with Crippen LogP contribution >= 0.6 is 7.82 Å². The summed E-state index contributed by atoms with van der Waals surface area (Å²) < 4.78 is 23.4. The number of rotatable bonds is 61. The lowest BCUT2D eigenvalue weighted by molar-refractivity contribution is -0.870. The summed E-state index contributed by atoms with van der Waals surface area (Å²) in [6.07, 6.45) is 75.5. The normalized spacial score (nSPS) is 14.0. The number of carbonyl (C=O) groups is 1. The second kappa shape index (κ2) is 57.4. The molecule has 8 nitrogen and oxygen atoms in total. The van der Waals surface area contributed by atoms with Crippen LogP contribution in [0.2, 0.25) is 0 Å². The van der Waals surface area contributed by atoms with E-state index in [1.807, 2.05) is 27.2 Å². The van der Waals surface area contributed by atoms with Gasteiger partial charge < -0.3 is 28.8 Å². The minimum Gasteiger partial charge on any atom is -0.756 e. The van der Waals surface area contributed by atoms with Crippen molar-refractivity contribution in [3.05, 3.63) is 36.5 Å². The van der Waals surface area contributed by atoms with E-state index in [0.717, 1.165) is 38.5 Å². The number of nitrogens with zero attached hydrogens (tertiary/aromatic N) is 1. The number of hydrogen-bond acceptors (Lipinski definition) is 6. The number of amides is 1. The molecule has 0 aromatic heterocycles. The van der Waals surface area contributed by atoms with Crippen molar-refractivity contribution in [2.45, 2.75) is 341 Å². The average molecular weight is 1080 g/mol. The van der Waals surface area contributed by atoms with Gasteiger partial charge in [0.1, 0.15) is 13.2 Å². The molecular formula is C66H129N2O6P. The van der Waals surface area contributed by atoms with Crippen molar-refractivity contribution in [1.82, 2.24) is 5.32 Å². The number of allylic oxidation sites excluding steroid dienone is 5. The molecule has 0 radical (unpaired) electrons. The number of likely N-dealkylation sites (N-methyl/N-ethyl adjacent to an activating group) is 1. The average Bonchev–Trinajstić information content (AvgIpc) is 3.37. The van der Waals surface area contributed by atoms with Crippen LogP contribution < -0.4 is 10.2 Å². The number of phosphoric ester groups is 1. The van der Waals surface area contributed by atoms with Gasteiger partial charge in [-0.2, -0.15) is 0 Å². The van der Waals surface area contributed by atoms with E-state index >= 15 is 0 Å². The first-order valence-electron chi connectivity index (χ1n) is 32.9. The molecule has 3 unspecified atom stereocenters. The van der Waals surface area contributed by atoms with Gasteiger partial charge in [0.2, 0.25) is 5.91 Å². The Labute approximate surface area is 467 Å². The van der Waals surface area contributed by atoms with Gasteiger partial charge in [-0.3, -0.25) is 9.36 Å². The van der Waals surface area contributed by atoms with Gasteiger partial charge in [0.05, 0.1) is 39.9 Å². The predicted molar refractivity (Wildman–Crippen MR) is 325 cm³/mol. The fraction of sp³-hybridized carbons (Fsp3) is 0.894. The molecule has 0 fully saturated rings. The molecule has 0 aliphatic heterocycles. The second-order valence-electron chi connectivity index (χ2n) is 23.8. The lowest BCUT2D eigenvalue weighted by Gasteiger charge is -2.29. The van der Waals surface area contributed by atoms with Crippen molar-refractivity contribution in [3.63, 3.8) is 0 Å². The van der Waals surface area contributed by atoms with Gasteiger partial charge in [-0.15, -0.1) is 0 Å². The Balaban J connectivity index is 4.05. The fourth-order valence-electron chi connectivity index (χ4n) is 9.93. The van der Waals surface area contributed by atoms with E-state index in [2.05, 4.69) is 43.5 Å². The molecule has 2 N–H and O–H groups in total. The summed E-state index contributed by atoms with van der Waals surface area (Å²) in [7, 11) is 1.26. The first kappa shape index (κ1) is 73.7. The Morgan fingerprint density at radius 1 is 0.453 bits per heavy atom. The van der Waals surface area contributed by atoms with Crippen LogP contribution in [-0.2, 0) is 18.4 Å². The van der Waals surface area contributed by atoms with Crippen LogP contribution in [0, 0.1) is 0 Å². The molecule has 444 valence electrons. The molecule has 0 saturated carbocycles. The number of quaternary nitrogens is 1. The van der Waals surface area contributed by atoms with Gasteiger partial charge in [0, 0.05) is 6.42 Å². The third-order valence-electron chi connectivity index (χ3n) is 15.1. The van der Waals surface area contributed by atoms with Crippen molar-refractivity contribution in [2.24, 2.45) is 0 Å². The Bertz CT molecular complexity index is 1320. The van der Waals surface area contributed by atoms with E-state index in [0.29, 0.717) is 17.4 Å². The number of hydrogen-bond donors (Lipinski definition) is 2. The van der Waals surface area contributed by atoms with Crippen molar-refractivity contribution in [2.75, 3.05) is 40.9 Å². The zero-order valence-corrected chi connectivity index (χ0v) is 51.7. The zero-order valence-electron chi connectivity index (χ0n) is 50.8. The molecule has 1 amide bonds. The Morgan fingerprint density at radius 2 is 0.747 bits per heavy atom. The number of aliphatic hydroxyl groups excluding tert-OH is 1. The minimum absolute atomic E-state index is 0.00451. The van der Waals surface area contributed by atoms with Crippen molar-refractivity contribution in [3.8, 4) is 0 Å². The predicted octanol–water partition coefficient (Wildman–Crippen LogP) is 19.9. The molecule has 0 bridgehead atoms. The SMILES string of the molecule is CCCCCCCCCC/C=C\CCCCCCCCCCCCCCCCCCCCCCCC(=O)NC(COP(=O)([O-])OCC[N+](C)(C)C)C(O)/C=C/CC/C=C/CCCCCCCCCCCCCCCC.